The van der Waals surface area contributed by atoms with Crippen molar-refractivity contribution in [2.75, 3.05) is 11.9 Å². The van der Waals surface area contributed by atoms with Crippen LogP contribution in [0.1, 0.15) is 36.0 Å². The fraction of sp³-hybridized carbons (Fsp3) is 0.467. The normalized spacial score (nSPS) is 24.5. The van der Waals surface area contributed by atoms with Crippen molar-refractivity contribution < 1.29 is 19.4 Å². The van der Waals surface area contributed by atoms with Crippen LogP contribution in [0.3, 0.4) is 0 Å². The van der Waals surface area contributed by atoms with E-state index < -0.39 is 0 Å². The van der Waals surface area contributed by atoms with E-state index in [9.17, 15) is 14.7 Å². The van der Waals surface area contributed by atoms with Gasteiger partial charge < -0.3 is 20.5 Å². The highest BCUT2D eigenvalue weighted by atomic mass is 16.5. The van der Waals surface area contributed by atoms with Crippen LogP contribution >= 0.6 is 0 Å². The van der Waals surface area contributed by atoms with Gasteiger partial charge in [0, 0.05) is 11.6 Å². The van der Waals surface area contributed by atoms with Crippen LogP contribution in [0.4, 0.5) is 5.69 Å². The number of anilines is 1. The van der Waals surface area contributed by atoms with E-state index in [1.54, 1.807) is 18.2 Å². The molecule has 0 aromatic heterocycles. The lowest BCUT2D eigenvalue weighted by atomic mass is 9.93. The average Bonchev–Trinajstić information content (AvgIpc) is 2.48. The maximum atomic E-state index is 12.2. The maximum Gasteiger partial charge on any atom is 0.262 e. The minimum atomic E-state index is -0.241. The molecule has 1 saturated carbocycles. The van der Waals surface area contributed by atoms with Gasteiger partial charge in [-0.25, -0.2) is 0 Å². The monoisotopic (exact) mass is 290 g/mol. The number of nitrogens with one attached hydrogen (secondary N) is 2. The highest BCUT2D eigenvalue weighted by Crippen LogP contribution is 2.28. The van der Waals surface area contributed by atoms with Gasteiger partial charge in [0.2, 0.25) is 0 Å². The number of hydrogen-bond acceptors (Lipinski definition) is 4. The predicted octanol–water partition coefficient (Wildman–Crippen LogP) is 1.05. The molecule has 0 unspecified atom stereocenters. The molecule has 1 aromatic rings. The summed E-state index contributed by atoms with van der Waals surface area (Å²) in [5.41, 5.74) is 1.02. The Morgan fingerprint density at radius 3 is 2.81 bits per heavy atom. The summed E-state index contributed by atoms with van der Waals surface area (Å²) in [7, 11) is 0. The lowest BCUT2D eigenvalue weighted by Gasteiger charge is -2.26. The Kier molecular flexibility index (Phi) is 3.79. The number of carbonyl (C=O) groups is 2. The van der Waals surface area contributed by atoms with E-state index in [1.807, 2.05) is 0 Å². The van der Waals surface area contributed by atoms with Crippen LogP contribution in [0, 0.1) is 0 Å². The van der Waals surface area contributed by atoms with Crippen LogP contribution in [0.5, 0.6) is 5.75 Å². The van der Waals surface area contributed by atoms with Crippen LogP contribution in [0.2, 0.25) is 0 Å². The molecule has 1 fully saturated rings. The molecular formula is C15H18N2O4. The molecule has 0 bridgehead atoms. The largest absolute Gasteiger partial charge is 0.482 e. The summed E-state index contributed by atoms with van der Waals surface area (Å²) in [6, 6.07) is 5.10. The molecule has 1 aliphatic carbocycles. The Labute approximate surface area is 122 Å². The fourth-order valence-corrected chi connectivity index (χ4v) is 2.71. The number of hydrogen-bond donors (Lipinski definition) is 3. The van der Waals surface area contributed by atoms with E-state index in [1.165, 1.54) is 0 Å². The van der Waals surface area contributed by atoms with Crippen molar-refractivity contribution in [3.63, 3.8) is 0 Å². The summed E-state index contributed by atoms with van der Waals surface area (Å²) in [6.07, 6.45) is 2.78. The van der Waals surface area contributed by atoms with Gasteiger partial charge in [0.05, 0.1) is 11.8 Å². The first-order chi connectivity index (χ1) is 10.1. The van der Waals surface area contributed by atoms with Crippen molar-refractivity contribution >= 4 is 17.5 Å². The minimum absolute atomic E-state index is 0.00292. The zero-order chi connectivity index (χ0) is 14.8. The van der Waals surface area contributed by atoms with E-state index >= 15 is 0 Å². The molecule has 1 heterocycles. The molecule has 21 heavy (non-hydrogen) atoms. The van der Waals surface area contributed by atoms with Crippen molar-refractivity contribution in [1.29, 1.82) is 0 Å². The molecule has 0 spiro atoms. The number of ether oxygens (including phenoxy) is 1. The topological polar surface area (TPSA) is 87.7 Å². The van der Waals surface area contributed by atoms with Crippen LogP contribution < -0.4 is 15.4 Å². The summed E-state index contributed by atoms with van der Waals surface area (Å²) in [6.45, 7) is 0.00292. The first kappa shape index (κ1) is 13.9. The third-order valence-electron chi connectivity index (χ3n) is 3.91. The molecule has 1 aliphatic heterocycles. The molecule has 6 nitrogen and oxygen atoms in total. The van der Waals surface area contributed by atoms with Crippen LogP contribution in [-0.2, 0) is 4.79 Å². The number of benzene rings is 1. The Hall–Kier alpha value is -2.08. The van der Waals surface area contributed by atoms with Crippen molar-refractivity contribution in [1.82, 2.24) is 5.32 Å². The van der Waals surface area contributed by atoms with Gasteiger partial charge in [-0.3, -0.25) is 9.59 Å². The summed E-state index contributed by atoms with van der Waals surface area (Å²) in [5.74, 6) is 0.187. The quantitative estimate of drug-likeness (QED) is 0.759. The number of carbonyl (C=O) groups excluding carboxylic acids is 2. The zero-order valence-corrected chi connectivity index (χ0v) is 11.6. The zero-order valence-electron chi connectivity index (χ0n) is 11.6. The van der Waals surface area contributed by atoms with Gasteiger partial charge in [-0.2, -0.15) is 0 Å². The smallest absolute Gasteiger partial charge is 0.262 e. The Morgan fingerprint density at radius 2 is 2.05 bits per heavy atom. The van der Waals surface area contributed by atoms with Crippen LogP contribution in [0.15, 0.2) is 18.2 Å². The molecule has 1 aromatic carbocycles. The molecule has 3 N–H and O–H groups in total. The van der Waals surface area contributed by atoms with E-state index in [0.29, 0.717) is 17.0 Å². The molecule has 3 rings (SSSR count). The second kappa shape index (κ2) is 5.73. The number of amides is 2. The number of rotatable bonds is 2. The van der Waals surface area contributed by atoms with E-state index in [4.69, 9.17) is 4.74 Å². The SMILES string of the molecule is O=C1COc2ccc(C(=O)NC3CCC(O)CC3)cc2N1. The fourth-order valence-electron chi connectivity index (χ4n) is 2.71. The molecule has 0 atom stereocenters. The first-order valence-corrected chi connectivity index (χ1v) is 7.17. The van der Waals surface area contributed by atoms with E-state index in [-0.39, 0.29) is 30.6 Å². The van der Waals surface area contributed by atoms with E-state index in [0.717, 1.165) is 25.7 Å². The molecule has 112 valence electrons. The van der Waals surface area contributed by atoms with Gasteiger partial charge in [-0.15, -0.1) is 0 Å². The first-order valence-electron chi connectivity index (χ1n) is 7.17. The van der Waals surface area contributed by atoms with Crippen molar-refractivity contribution in [2.24, 2.45) is 0 Å². The van der Waals surface area contributed by atoms with Crippen LogP contribution in [0.25, 0.3) is 0 Å². The highest BCUT2D eigenvalue weighted by molar-refractivity contribution is 5.99. The molecule has 0 saturated heterocycles. The van der Waals surface area contributed by atoms with Crippen molar-refractivity contribution in [2.45, 2.75) is 37.8 Å². The molecular weight excluding hydrogens is 272 g/mol. The number of aliphatic hydroxyl groups excluding tert-OH is 1. The van der Waals surface area contributed by atoms with Crippen molar-refractivity contribution in [3.05, 3.63) is 23.8 Å². The van der Waals surface area contributed by atoms with E-state index in [2.05, 4.69) is 10.6 Å². The molecule has 2 aliphatic rings. The Morgan fingerprint density at radius 1 is 1.29 bits per heavy atom. The average molecular weight is 290 g/mol. The summed E-state index contributed by atoms with van der Waals surface area (Å²) in [4.78, 5) is 23.5. The van der Waals surface area contributed by atoms with Gasteiger partial charge in [-0.05, 0) is 43.9 Å². The van der Waals surface area contributed by atoms with Gasteiger partial charge in [0.15, 0.2) is 6.61 Å². The second-order valence-electron chi connectivity index (χ2n) is 5.53. The lowest BCUT2D eigenvalue weighted by Crippen LogP contribution is -2.38. The maximum absolute atomic E-state index is 12.2. The number of fused-ring (bicyclic) bond motifs is 1. The molecule has 6 heteroatoms. The van der Waals surface area contributed by atoms with Crippen LogP contribution in [-0.4, -0.2) is 35.7 Å². The summed E-state index contributed by atoms with van der Waals surface area (Å²) >= 11 is 0. The van der Waals surface area contributed by atoms with Gasteiger partial charge in [0.1, 0.15) is 5.75 Å². The third kappa shape index (κ3) is 3.16. The summed E-state index contributed by atoms with van der Waals surface area (Å²) in [5, 5.41) is 15.1. The Bertz CT molecular complexity index is 565. The third-order valence-corrected chi connectivity index (χ3v) is 3.91. The predicted molar refractivity (Wildman–Crippen MR) is 76.3 cm³/mol. The molecule has 2 amide bonds. The lowest BCUT2D eigenvalue weighted by molar-refractivity contribution is -0.118. The second-order valence-corrected chi connectivity index (χ2v) is 5.53. The minimum Gasteiger partial charge on any atom is -0.482 e. The number of aliphatic hydroxyl groups is 1. The van der Waals surface area contributed by atoms with Gasteiger partial charge in [0.25, 0.3) is 11.8 Å². The standard InChI is InChI=1S/C15H18N2O4/c18-11-4-2-10(3-5-11)16-15(20)9-1-6-13-12(7-9)17-14(19)8-21-13/h1,6-7,10-11,18H,2-5,8H2,(H,16,20)(H,17,19). The van der Waals surface area contributed by atoms with Crippen molar-refractivity contribution in [3.8, 4) is 5.75 Å². The summed E-state index contributed by atoms with van der Waals surface area (Å²) < 4.78 is 5.26. The molecule has 0 radical (unpaired) electrons. The Balaban J connectivity index is 1.67. The highest BCUT2D eigenvalue weighted by Gasteiger charge is 2.22. The van der Waals surface area contributed by atoms with Gasteiger partial charge in [-0.1, -0.05) is 0 Å². The van der Waals surface area contributed by atoms with Gasteiger partial charge >= 0.3 is 0 Å².